The molecule has 0 radical (unpaired) electrons. The molecule has 2 aliphatic heterocycles. The van der Waals surface area contributed by atoms with Crippen molar-refractivity contribution < 1.29 is 4.79 Å². The van der Waals surface area contributed by atoms with Crippen LogP contribution >= 0.6 is 11.8 Å². The second kappa shape index (κ2) is 7.41. The van der Waals surface area contributed by atoms with Gasteiger partial charge < -0.3 is 0 Å². The molecule has 0 aromatic carbocycles. The van der Waals surface area contributed by atoms with Crippen LogP contribution in [0.4, 0.5) is 0 Å². The minimum absolute atomic E-state index is 0.00999. The summed E-state index contributed by atoms with van der Waals surface area (Å²) in [4.78, 5) is 18.2. The van der Waals surface area contributed by atoms with Crippen LogP contribution in [-0.4, -0.2) is 17.2 Å². The van der Waals surface area contributed by atoms with Gasteiger partial charge in [-0.2, -0.15) is 0 Å². The van der Waals surface area contributed by atoms with Crippen molar-refractivity contribution >= 4 is 23.8 Å². The summed E-state index contributed by atoms with van der Waals surface area (Å²) in [5.74, 6) is 0.208. The van der Waals surface area contributed by atoms with Crippen LogP contribution in [0, 0.1) is 5.92 Å². The molecule has 0 aromatic rings. The Hall–Kier alpha value is -1.61. The highest BCUT2D eigenvalue weighted by Crippen LogP contribution is 2.41. The summed E-state index contributed by atoms with van der Waals surface area (Å²) in [5.41, 5.74) is 1.78. The number of fused-ring (bicyclic) bond motifs is 1. The molecule has 3 heteroatoms. The van der Waals surface area contributed by atoms with Crippen LogP contribution in [0.1, 0.15) is 26.7 Å². The van der Waals surface area contributed by atoms with Gasteiger partial charge in [0.15, 0.2) is 5.78 Å². The Morgan fingerprint density at radius 3 is 3.00 bits per heavy atom. The van der Waals surface area contributed by atoms with E-state index in [-0.39, 0.29) is 17.0 Å². The molecule has 2 rings (SSSR count). The quantitative estimate of drug-likeness (QED) is 0.757. The SMILES string of the molecule is C=CC1=C(/C=C/CC)C(=O)C2C/C(=C\C=C/C)N=CC2S1. The van der Waals surface area contributed by atoms with Gasteiger partial charge in [-0.3, -0.25) is 9.79 Å². The summed E-state index contributed by atoms with van der Waals surface area (Å²) in [6.07, 6.45) is 15.2. The minimum atomic E-state index is -0.00999. The topological polar surface area (TPSA) is 29.4 Å². The molecule has 2 atom stereocenters. The van der Waals surface area contributed by atoms with Crippen LogP contribution in [0.5, 0.6) is 0 Å². The second-order valence-electron chi connectivity index (χ2n) is 5.01. The third-order valence-corrected chi connectivity index (χ3v) is 4.89. The second-order valence-corrected chi connectivity index (χ2v) is 6.23. The van der Waals surface area contributed by atoms with Gasteiger partial charge in [0, 0.05) is 34.7 Å². The average Bonchev–Trinajstić information content (AvgIpc) is 2.52. The highest BCUT2D eigenvalue weighted by molar-refractivity contribution is 8.04. The van der Waals surface area contributed by atoms with Gasteiger partial charge in [-0.05, 0) is 19.4 Å². The highest BCUT2D eigenvalue weighted by Gasteiger charge is 2.37. The molecule has 0 aromatic heterocycles. The van der Waals surface area contributed by atoms with Gasteiger partial charge in [0.2, 0.25) is 0 Å². The maximum absolute atomic E-state index is 12.8. The summed E-state index contributed by atoms with van der Waals surface area (Å²) in [6, 6.07) is 0. The van der Waals surface area contributed by atoms with Crippen molar-refractivity contribution in [3.63, 3.8) is 0 Å². The van der Waals surface area contributed by atoms with E-state index in [1.165, 1.54) is 0 Å². The lowest BCUT2D eigenvalue weighted by Gasteiger charge is -2.31. The van der Waals surface area contributed by atoms with Crippen molar-refractivity contribution in [2.45, 2.75) is 31.9 Å². The molecule has 2 heterocycles. The molecule has 21 heavy (non-hydrogen) atoms. The number of ketones is 1. The fourth-order valence-corrected chi connectivity index (χ4v) is 3.62. The number of carbonyl (C=O) groups is 1. The Kier molecular flexibility index (Phi) is 5.57. The van der Waals surface area contributed by atoms with Crippen molar-refractivity contribution in [3.8, 4) is 0 Å². The van der Waals surface area contributed by atoms with Gasteiger partial charge >= 0.3 is 0 Å². The van der Waals surface area contributed by atoms with Gasteiger partial charge in [-0.15, -0.1) is 11.8 Å². The lowest BCUT2D eigenvalue weighted by atomic mass is 9.87. The molecule has 2 aliphatic rings. The number of Topliss-reactive ketones (excluding diaryl/α,β-unsaturated/α-hetero) is 1. The van der Waals surface area contributed by atoms with Crippen LogP contribution in [0.15, 0.2) is 64.2 Å². The molecule has 0 saturated carbocycles. The zero-order chi connectivity index (χ0) is 15.2. The standard InChI is InChI=1S/C18H21NOS/c1-4-7-9-13-11-15-17(12-19-13)21-16(6-3)14(18(15)20)10-8-5-2/h4,6-10,12,15,17H,3,5,11H2,1-2H3/b7-4-,10-8+,13-9+. The number of rotatable bonds is 4. The van der Waals surface area contributed by atoms with Crippen molar-refractivity contribution in [2.75, 3.05) is 0 Å². The molecule has 0 amide bonds. The Bertz CT molecular complexity index is 578. The zero-order valence-corrected chi connectivity index (χ0v) is 13.4. The Morgan fingerprint density at radius 1 is 1.52 bits per heavy atom. The largest absolute Gasteiger partial charge is 0.294 e. The van der Waals surface area contributed by atoms with Crippen LogP contribution < -0.4 is 0 Å². The first kappa shape index (κ1) is 15.8. The van der Waals surface area contributed by atoms with Crippen molar-refractivity contribution in [1.82, 2.24) is 0 Å². The van der Waals surface area contributed by atoms with E-state index in [2.05, 4.69) is 18.5 Å². The Labute approximate surface area is 131 Å². The first-order valence-corrected chi connectivity index (χ1v) is 8.19. The molecule has 0 bridgehead atoms. The summed E-state index contributed by atoms with van der Waals surface area (Å²) >= 11 is 1.70. The number of carbonyl (C=O) groups excluding carboxylic acids is 1. The molecular formula is C18H21NOS. The van der Waals surface area contributed by atoms with Gasteiger partial charge in [-0.1, -0.05) is 43.9 Å². The normalized spacial score (nSPS) is 27.9. The Balaban J connectivity index is 2.31. The highest BCUT2D eigenvalue weighted by atomic mass is 32.2. The van der Waals surface area contributed by atoms with Crippen molar-refractivity contribution in [1.29, 1.82) is 0 Å². The maximum atomic E-state index is 12.8. The molecule has 0 aliphatic carbocycles. The molecule has 2 nitrogen and oxygen atoms in total. The fraction of sp³-hybridized carbons (Fsp3) is 0.333. The van der Waals surface area contributed by atoms with Crippen molar-refractivity contribution in [2.24, 2.45) is 10.9 Å². The summed E-state index contributed by atoms with van der Waals surface area (Å²) in [7, 11) is 0. The first-order valence-electron chi connectivity index (χ1n) is 7.31. The van der Waals surface area contributed by atoms with E-state index in [9.17, 15) is 4.79 Å². The summed E-state index contributed by atoms with van der Waals surface area (Å²) in [6.45, 7) is 7.88. The lowest BCUT2D eigenvalue weighted by Crippen LogP contribution is -2.34. The van der Waals surface area contributed by atoms with E-state index in [1.54, 1.807) is 17.8 Å². The van der Waals surface area contributed by atoms with Gasteiger partial charge in [-0.25, -0.2) is 0 Å². The van der Waals surface area contributed by atoms with E-state index in [0.717, 1.165) is 22.6 Å². The number of allylic oxidation sites excluding steroid dienone is 8. The molecule has 0 saturated heterocycles. The predicted octanol–water partition coefficient (Wildman–Crippen LogP) is 4.63. The zero-order valence-electron chi connectivity index (χ0n) is 12.6. The third kappa shape index (κ3) is 3.53. The van der Waals surface area contributed by atoms with E-state index in [4.69, 9.17) is 0 Å². The molecule has 110 valence electrons. The minimum Gasteiger partial charge on any atom is -0.294 e. The Morgan fingerprint density at radius 2 is 2.33 bits per heavy atom. The smallest absolute Gasteiger partial charge is 0.168 e. The molecule has 0 N–H and O–H groups in total. The maximum Gasteiger partial charge on any atom is 0.168 e. The van der Waals surface area contributed by atoms with Gasteiger partial charge in [0.05, 0.1) is 5.25 Å². The van der Waals surface area contributed by atoms with Crippen LogP contribution in [0.2, 0.25) is 0 Å². The van der Waals surface area contributed by atoms with E-state index >= 15 is 0 Å². The molecule has 0 fully saturated rings. The fourth-order valence-electron chi connectivity index (χ4n) is 2.43. The number of thioether (sulfide) groups is 1. The summed E-state index contributed by atoms with van der Waals surface area (Å²) < 4.78 is 0. The van der Waals surface area contributed by atoms with Crippen LogP contribution in [0.25, 0.3) is 0 Å². The van der Waals surface area contributed by atoms with E-state index in [1.807, 2.05) is 43.5 Å². The van der Waals surface area contributed by atoms with E-state index in [0.29, 0.717) is 6.42 Å². The van der Waals surface area contributed by atoms with Crippen LogP contribution in [-0.2, 0) is 4.79 Å². The van der Waals surface area contributed by atoms with Gasteiger partial charge in [0.25, 0.3) is 0 Å². The monoisotopic (exact) mass is 299 g/mol. The van der Waals surface area contributed by atoms with Crippen LogP contribution in [0.3, 0.4) is 0 Å². The number of nitrogens with zero attached hydrogens (tertiary/aromatic N) is 1. The predicted molar refractivity (Wildman–Crippen MR) is 92.5 cm³/mol. The average molecular weight is 299 g/mol. The van der Waals surface area contributed by atoms with E-state index < -0.39 is 0 Å². The van der Waals surface area contributed by atoms with Gasteiger partial charge in [0.1, 0.15) is 0 Å². The number of hydrogen-bond acceptors (Lipinski definition) is 3. The molecule has 0 spiro atoms. The first-order chi connectivity index (χ1) is 10.2. The molecular weight excluding hydrogens is 278 g/mol. The van der Waals surface area contributed by atoms with Crippen molar-refractivity contribution in [3.05, 3.63) is 59.2 Å². The third-order valence-electron chi connectivity index (χ3n) is 3.53. The lowest BCUT2D eigenvalue weighted by molar-refractivity contribution is -0.118. The molecule has 2 unspecified atom stereocenters. The number of hydrogen-bond donors (Lipinski definition) is 0. The summed E-state index contributed by atoms with van der Waals surface area (Å²) in [5, 5.41) is 0.132. The number of aliphatic imine (C=N–C) groups is 1.